The maximum Gasteiger partial charge on any atom is 0.254 e. The number of piperidine rings is 1. The Kier molecular flexibility index (Phi) is 3.98. The van der Waals surface area contributed by atoms with Crippen LogP contribution in [0.1, 0.15) is 48.5 Å². The van der Waals surface area contributed by atoms with Crippen molar-refractivity contribution in [2.45, 2.75) is 45.1 Å². The Morgan fingerprint density at radius 2 is 2.14 bits per heavy atom. The van der Waals surface area contributed by atoms with Gasteiger partial charge >= 0.3 is 0 Å². The molecule has 0 aromatic heterocycles. The van der Waals surface area contributed by atoms with Gasteiger partial charge in [-0.1, -0.05) is 13.3 Å². The number of aryl methyl sites for hydroxylation is 1. The second-order valence-electron chi connectivity index (χ2n) is 6.98. The maximum absolute atomic E-state index is 13.2. The Morgan fingerprint density at radius 3 is 2.68 bits per heavy atom. The molecule has 2 fully saturated rings. The third kappa shape index (κ3) is 2.54. The van der Waals surface area contributed by atoms with E-state index in [2.05, 4.69) is 0 Å². The quantitative estimate of drug-likeness (QED) is 0.912. The highest BCUT2D eigenvalue weighted by Crippen LogP contribution is 2.44. The number of nitrogens with zero attached hydrogens (tertiary/aromatic N) is 1. The van der Waals surface area contributed by atoms with E-state index >= 15 is 0 Å². The van der Waals surface area contributed by atoms with Crippen LogP contribution in [0.15, 0.2) is 18.2 Å². The van der Waals surface area contributed by atoms with Gasteiger partial charge in [0.15, 0.2) is 0 Å². The molecule has 1 aromatic rings. The van der Waals surface area contributed by atoms with E-state index in [0.717, 1.165) is 12.8 Å². The summed E-state index contributed by atoms with van der Waals surface area (Å²) >= 11 is 0. The monoisotopic (exact) mass is 305 g/mol. The van der Waals surface area contributed by atoms with Gasteiger partial charge < -0.3 is 10.0 Å². The van der Waals surface area contributed by atoms with Crippen molar-refractivity contribution in [3.8, 4) is 0 Å². The molecule has 1 saturated carbocycles. The van der Waals surface area contributed by atoms with Crippen LogP contribution in [0.4, 0.5) is 4.39 Å². The lowest BCUT2D eigenvalue weighted by Gasteiger charge is -2.50. The van der Waals surface area contributed by atoms with E-state index in [1.54, 1.807) is 17.9 Å². The van der Waals surface area contributed by atoms with Gasteiger partial charge in [0.2, 0.25) is 0 Å². The fraction of sp³-hybridized carbons (Fsp3) is 0.611. The van der Waals surface area contributed by atoms with Crippen LogP contribution < -0.4 is 0 Å². The summed E-state index contributed by atoms with van der Waals surface area (Å²) in [6, 6.07) is 4.29. The predicted molar refractivity (Wildman–Crippen MR) is 83.1 cm³/mol. The van der Waals surface area contributed by atoms with Crippen molar-refractivity contribution >= 4 is 5.91 Å². The summed E-state index contributed by atoms with van der Waals surface area (Å²) in [6.07, 6.45) is 4.06. The topological polar surface area (TPSA) is 40.5 Å². The zero-order valence-electron chi connectivity index (χ0n) is 13.3. The third-order valence-electron chi connectivity index (χ3n) is 5.65. The molecule has 22 heavy (non-hydrogen) atoms. The molecule has 1 N–H and O–H groups in total. The van der Waals surface area contributed by atoms with Gasteiger partial charge in [0, 0.05) is 24.6 Å². The molecule has 3 nitrogen and oxygen atoms in total. The van der Waals surface area contributed by atoms with Crippen molar-refractivity contribution in [3.63, 3.8) is 0 Å². The first kappa shape index (κ1) is 15.5. The number of benzene rings is 1. The Morgan fingerprint density at radius 1 is 1.41 bits per heavy atom. The van der Waals surface area contributed by atoms with Crippen LogP contribution in [-0.4, -0.2) is 34.6 Å². The molecule has 3 rings (SSSR count). The van der Waals surface area contributed by atoms with Gasteiger partial charge in [-0.05, 0) is 55.9 Å². The molecule has 4 heteroatoms. The fourth-order valence-corrected chi connectivity index (χ4v) is 3.88. The van der Waals surface area contributed by atoms with Crippen molar-refractivity contribution in [1.29, 1.82) is 0 Å². The van der Waals surface area contributed by atoms with Crippen LogP contribution in [0.2, 0.25) is 0 Å². The molecule has 1 aliphatic heterocycles. The number of halogens is 1. The third-order valence-corrected chi connectivity index (χ3v) is 5.65. The Hall–Kier alpha value is -1.42. The molecule has 0 radical (unpaired) electrons. The van der Waals surface area contributed by atoms with Crippen molar-refractivity contribution in [3.05, 3.63) is 35.1 Å². The Labute approximate surface area is 131 Å². The smallest absolute Gasteiger partial charge is 0.254 e. The van der Waals surface area contributed by atoms with E-state index < -0.39 is 5.60 Å². The Bertz CT molecular complexity index is 584. The molecule has 1 saturated heterocycles. The van der Waals surface area contributed by atoms with Gasteiger partial charge in [-0.3, -0.25) is 4.79 Å². The minimum absolute atomic E-state index is 0.0555. The number of hydrogen-bond donors (Lipinski definition) is 1. The fourth-order valence-electron chi connectivity index (χ4n) is 3.88. The number of carbonyl (C=O) groups excluding carboxylic acids is 1. The lowest BCUT2D eigenvalue weighted by Crippen LogP contribution is -2.57. The van der Waals surface area contributed by atoms with Crippen LogP contribution in [0.3, 0.4) is 0 Å². The number of carbonyl (C=O) groups is 1. The molecule has 0 bridgehead atoms. The average molecular weight is 305 g/mol. The summed E-state index contributed by atoms with van der Waals surface area (Å²) in [5.74, 6) is 0.101. The van der Waals surface area contributed by atoms with Gasteiger partial charge in [-0.2, -0.15) is 0 Å². The van der Waals surface area contributed by atoms with Gasteiger partial charge in [0.1, 0.15) is 5.82 Å². The van der Waals surface area contributed by atoms with Crippen LogP contribution in [0, 0.1) is 24.6 Å². The molecule has 0 spiro atoms. The summed E-state index contributed by atoms with van der Waals surface area (Å²) in [5, 5.41) is 10.9. The second kappa shape index (κ2) is 5.65. The highest BCUT2D eigenvalue weighted by Gasteiger charge is 2.47. The van der Waals surface area contributed by atoms with Crippen molar-refractivity contribution in [1.82, 2.24) is 4.90 Å². The largest absolute Gasteiger partial charge is 0.389 e. The first-order valence-electron chi connectivity index (χ1n) is 8.19. The number of rotatable bonds is 2. The van der Waals surface area contributed by atoms with E-state index in [0.29, 0.717) is 36.6 Å². The molecule has 2 atom stereocenters. The van der Waals surface area contributed by atoms with Crippen molar-refractivity contribution in [2.75, 3.05) is 13.1 Å². The Balaban J connectivity index is 1.73. The summed E-state index contributed by atoms with van der Waals surface area (Å²) in [6.45, 7) is 4.94. The van der Waals surface area contributed by atoms with E-state index in [1.165, 1.54) is 18.6 Å². The summed E-state index contributed by atoms with van der Waals surface area (Å²) < 4.78 is 13.2. The number of likely N-dealkylation sites (tertiary alicyclic amines) is 1. The van der Waals surface area contributed by atoms with Crippen molar-refractivity contribution < 1.29 is 14.3 Å². The molecule has 1 amide bonds. The van der Waals surface area contributed by atoms with Gasteiger partial charge in [-0.25, -0.2) is 4.39 Å². The van der Waals surface area contributed by atoms with E-state index in [4.69, 9.17) is 0 Å². The highest BCUT2D eigenvalue weighted by atomic mass is 19.1. The second-order valence-corrected chi connectivity index (χ2v) is 6.98. The van der Waals surface area contributed by atoms with Crippen molar-refractivity contribution in [2.24, 2.45) is 11.8 Å². The van der Waals surface area contributed by atoms with Crippen LogP contribution in [-0.2, 0) is 0 Å². The molecule has 0 unspecified atom stereocenters. The molecule has 120 valence electrons. The molecule has 2 aliphatic rings. The number of hydrogen-bond acceptors (Lipinski definition) is 2. The maximum atomic E-state index is 13.2. The minimum Gasteiger partial charge on any atom is -0.389 e. The molecular formula is C18H24FNO2. The van der Waals surface area contributed by atoms with Crippen LogP contribution >= 0.6 is 0 Å². The summed E-state index contributed by atoms with van der Waals surface area (Å²) in [4.78, 5) is 14.5. The zero-order chi connectivity index (χ0) is 15.9. The molecular weight excluding hydrogens is 281 g/mol. The van der Waals surface area contributed by atoms with Gasteiger partial charge in [-0.15, -0.1) is 0 Å². The first-order chi connectivity index (χ1) is 10.4. The normalized spacial score (nSPS) is 29.3. The summed E-state index contributed by atoms with van der Waals surface area (Å²) in [5.41, 5.74) is 0.604. The lowest BCUT2D eigenvalue weighted by molar-refractivity contribution is -0.122. The number of aliphatic hydroxyl groups is 1. The highest BCUT2D eigenvalue weighted by molar-refractivity contribution is 5.95. The van der Waals surface area contributed by atoms with Gasteiger partial charge in [0.05, 0.1) is 5.60 Å². The molecule has 1 aliphatic carbocycles. The molecule has 1 heterocycles. The zero-order valence-corrected chi connectivity index (χ0v) is 13.3. The SMILES string of the molecule is Cc1cc(F)ccc1C(=O)N1CC[C@@](O)(C2CCC2)[C@H](C)C1. The predicted octanol–water partition coefficient (Wildman–Crippen LogP) is 3.15. The lowest BCUT2D eigenvalue weighted by atomic mass is 9.65. The summed E-state index contributed by atoms with van der Waals surface area (Å²) in [7, 11) is 0. The minimum atomic E-state index is -0.618. The van der Waals surface area contributed by atoms with Crippen LogP contribution in [0.25, 0.3) is 0 Å². The average Bonchev–Trinajstić information content (AvgIpc) is 2.39. The molecule has 1 aromatic carbocycles. The van der Waals surface area contributed by atoms with Crippen LogP contribution in [0.5, 0.6) is 0 Å². The number of amides is 1. The van der Waals surface area contributed by atoms with E-state index in [-0.39, 0.29) is 17.6 Å². The standard InChI is InChI=1S/C18H24FNO2/c1-12-10-15(19)6-7-16(12)17(21)20-9-8-18(22,13(2)11-20)14-4-3-5-14/h6-7,10,13-14,22H,3-5,8-9,11H2,1-2H3/t13-,18+/m1/s1. The first-order valence-corrected chi connectivity index (χ1v) is 8.19. The van der Waals surface area contributed by atoms with E-state index in [1.807, 2.05) is 6.92 Å². The van der Waals surface area contributed by atoms with E-state index in [9.17, 15) is 14.3 Å². The van der Waals surface area contributed by atoms with Gasteiger partial charge in [0.25, 0.3) is 5.91 Å².